The zero-order valence-electron chi connectivity index (χ0n) is 16.5. The van der Waals surface area contributed by atoms with E-state index in [9.17, 15) is 9.90 Å². The lowest BCUT2D eigenvalue weighted by atomic mass is 10.1. The maximum absolute atomic E-state index is 12.4. The van der Waals surface area contributed by atoms with Crippen LogP contribution in [0.1, 0.15) is 15.9 Å². The van der Waals surface area contributed by atoms with Gasteiger partial charge in [0, 0.05) is 28.2 Å². The molecule has 2 aromatic carbocycles. The van der Waals surface area contributed by atoms with Crippen LogP contribution in [0, 0.1) is 0 Å². The predicted octanol–water partition coefficient (Wildman–Crippen LogP) is 1.81. The number of benzene rings is 2. The van der Waals surface area contributed by atoms with Crippen LogP contribution >= 0.6 is 0 Å². The van der Waals surface area contributed by atoms with Gasteiger partial charge in [-0.1, -0.05) is 48.5 Å². The van der Waals surface area contributed by atoms with Crippen molar-refractivity contribution >= 4 is 22.8 Å². The second-order valence-corrected chi connectivity index (χ2v) is 7.54. The van der Waals surface area contributed by atoms with E-state index in [-0.39, 0.29) is 5.78 Å². The molecule has 0 spiro atoms. The summed E-state index contributed by atoms with van der Waals surface area (Å²) >= 11 is 0. The Labute approximate surface area is 170 Å². The number of hydrogen-bond acceptors (Lipinski definition) is 3. The number of aromatic nitrogens is 1. The number of ketones is 1. The molecule has 0 bridgehead atoms. The maximum Gasteiger partial charge on any atom is 0.185 e. The molecule has 0 unspecified atom stereocenters. The summed E-state index contributed by atoms with van der Waals surface area (Å²) in [4.78, 5) is 13.8. The number of quaternary nitrogens is 1. The smallest absolute Gasteiger partial charge is 0.185 e. The Morgan fingerprint density at radius 2 is 1.83 bits per heavy atom. The highest BCUT2D eigenvalue weighted by Gasteiger charge is 2.19. The van der Waals surface area contributed by atoms with Crippen molar-refractivity contribution in [2.24, 2.45) is 0 Å². The van der Waals surface area contributed by atoms with Crippen molar-refractivity contribution < 1.29 is 19.5 Å². The third kappa shape index (κ3) is 4.82. The Hall–Kier alpha value is -2.73. The number of carbonyl (C=O) groups excluding carboxylic acids is 1. The highest BCUT2D eigenvalue weighted by Crippen LogP contribution is 2.23. The largest absolute Gasteiger partial charge is 0.385 e. The summed E-state index contributed by atoms with van der Waals surface area (Å²) in [7, 11) is 0. The lowest BCUT2D eigenvalue weighted by Crippen LogP contribution is -3.15. The Morgan fingerprint density at radius 1 is 1.10 bits per heavy atom. The molecule has 4 rings (SSSR count). The van der Waals surface area contributed by atoms with Crippen molar-refractivity contribution in [3.8, 4) is 0 Å². The molecule has 1 fully saturated rings. The van der Waals surface area contributed by atoms with Crippen LogP contribution in [0.15, 0.2) is 66.9 Å². The molecule has 150 valence electrons. The minimum Gasteiger partial charge on any atom is -0.385 e. The highest BCUT2D eigenvalue weighted by atomic mass is 16.5. The molecule has 0 saturated carbocycles. The van der Waals surface area contributed by atoms with Gasteiger partial charge in [-0.15, -0.1) is 0 Å². The number of hydrogen-bond donors (Lipinski definition) is 2. The summed E-state index contributed by atoms with van der Waals surface area (Å²) in [5.41, 5.74) is 2.72. The van der Waals surface area contributed by atoms with E-state index in [2.05, 4.69) is 16.7 Å². The van der Waals surface area contributed by atoms with E-state index in [0.717, 1.165) is 42.8 Å². The Kier molecular flexibility index (Phi) is 6.20. The fourth-order valence-corrected chi connectivity index (χ4v) is 3.91. The summed E-state index contributed by atoms with van der Waals surface area (Å²) in [5.74, 6) is -0.0154. The van der Waals surface area contributed by atoms with Crippen LogP contribution in [0.4, 0.5) is 0 Å². The van der Waals surface area contributed by atoms with Gasteiger partial charge < -0.3 is 19.3 Å². The first kappa shape index (κ1) is 19.6. The van der Waals surface area contributed by atoms with E-state index < -0.39 is 6.10 Å². The second-order valence-electron chi connectivity index (χ2n) is 7.54. The molecule has 1 aromatic heterocycles. The molecule has 1 aliphatic rings. The van der Waals surface area contributed by atoms with Gasteiger partial charge in [0.15, 0.2) is 5.78 Å². The van der Waals surface area contributed by atoms with Crippen molar-refractivity contribution in [1.82, 2.24) is 4.57 Å². The second kappa shape index (κ2) is 9.18. The van der Waals surface area contributed by atoms with Crippen molar-refractivity contribution in [2.45, 2.75) is 12.6 Å². The van der Waals surface area contributed by atoms with Crippen LogP contribution in [-0.2, 0) is 11.3 Å². The van der Waals surface area contributed by atoms with Gasteiger partial charge in [-0.25, -0.2) is 0 Å². The van der Waals surface area contributed by atoms with Gasteiger partial charge in [0.25, 0.3) is 0 Å². The van der Waals surface area contributed by atoms with Gasteiger partial charge in [-0.05, 0) is 18.2 Å². The fraction of sp³-hybridized carbons (Fsp3) is 0.292. The number of morpholine rings is 1. The molecule has 5 nitrogen and oxygen atoms in total. The SMILES string of the molecule is O=C(/C=C/c1cn(C[C@@H](O)C[NH+]2CCOCC2)c2ccccc12)c1ccccc1. The fourth-order valence-electron chi connectivity index (χ4n) is 3.91. The third-order valence-electron chi connectivity index (χ3n) is 5.42. The topological polar surface area (TPSA) is 55.9 Å². The number of fused-ring (bicyclic) bond motifs is 1. The molecule has 0 amide bonds. The number of nitrogens with zero attached hydrogens (tertiary/aromatic N) is 1. The monoisotopic (exact) mass is 391 g/mol. The van der Waals surface area contributed by atoms with E-state index in [0.29, 0.717) is 18.7 Å². The molecule has 5 heteroatoms. The minimum absolute atomic E-state index is 0.0154. The number of nitrogens with one attached hydrogen (secondary N) is 1. The van der Waals surface area contributed by atoms with E-state index in [4.69, 9.17) is 4.74 Å². The van der Waals surface area contributed by atoms with Crippen molar-refractivity contribution in [1.29, 1.82) is 0 Å². The average molecular weight is 391 g/mol. The minimum atomic E-state index is -0.429. The first-order valence-electron chi connectivity index (χ1n) is 10.2. The third-order valence-corrected chi connectivity index (χ3v) is 5.42. The standard InChI is InChI=1S/C24H26N2O3/c27-21(17-25-12-14-29-15-13-25)18-26-16-20(22-8-4-5-9-23(22)26)10-11-24(28)19-6-2-1-3-7-19/h1-11,16,21,27H,12-15,17-18H2/p+1/b11-10+/t21-/m0/s1. The lowest BCUT2D eigenvalue weighted by Gasteiger charge is -2.26. The van der Waals surface area contributed by atoms with Gasteiger partial charge in [0.2, 0.25) is 0 Å². The number of aliphatic hydroxyl groups excluding tert-OH is 1. The number of rotatable bonds is 7. The number of aliphatic hydroxyl groups is 1. The van der Waals surface area contributed by atoms with Crippen LogP contribution in [0.3, 0.4) is 0 Å². The lowest BCUT2D eigenvalue weighted by molar-refractivity contribution is -0.911. The molecular weight excluding hydrogens is 364 g/mol. The zero-order chi connectivity index (χ0) is 20.1. The van der Waals surface area contributed by atoms with Crippen LogP contribution in [0.5, 0.6) is 0 Å². The van der Waals surface area contributed by atoms with Crippen molar-refractivity contribution in [2.75, 3.05) is 32.8 Å². The van der Waals surface area contributed by atoms with E-state index in [1.54, 1.807) is 6.08 Å². The summed E-state index contributed by atoms with van der Waals surface area (Å²) in [6.07, 6.45) is 5.09. The Morgan fingerprint density at radius 3 is 2.62 bits per heavy atom. The van der Waals surface area contributed by atoms with E-state index in [1.807, 2.05) is 54.7 Å². The van der Waals surface area contributed by atoms with Gasteiger partial charge in [0.05, 0.1) is 19.8 Å². The van der Waals surface area contributed by atoms with Crippen molar-refractivity contribution in [3.63, 3.8) is 0 Å². The molecule has 2 heterocycles. The summed E-state index contributed by atoms with van der Waals surface area (Å²) < 4.78 is 7.49. The van der Waals surface area contributed by atoms with Crippen molar-refractivity contribution in [3.05, 3.63) is 78.0 Å². The van der Waals surface area contributed by atoms with Gasteiger partial charge in [0.1, 0.15) is 25.7 Å². The normalized spacial score (nSPS) is 16.4. The van der Waals surface area contributed by atoms with Crippen LogP contribution < -0.4 is 4.90 Å². The first-order valence-corrected chi connectivity index (χ1v) is 10.2. The molecule has 3 aromatic rings. The van der Waals surface area contributed by atoms with Gasteiger partial charge in [-0.2, -0.15) is 0 Å². The number of allylic oxidation sites excluding steroid dienone is 1. The number of para-hydroxylation sites is 1. The quantitative estimate of drug-likeness (QED) is 0.477. The molecule has 1 atom stereocenters. The predicted molar refractivity (Wildman–Crippen MR) is 114 cm³/mol. The molecule has 0 radical (unpaired) electrons. The van der Waals surface area contributed by atoms with E-state index >= 15 is 0 Å². The van der Waals surface area contributed by atoms with Crippen LogP contribution in [0.2, 0.25) is 0 Å². The molecule has 29 heavy (non-hydrogen) atoms. The molecule has 2 N–H and O–H groups in total. The number of carbonyl (C=O) groups is 1. The Bertz CT molecular complexity index is 988. The van der Waals surface area contributed by atoms with Gasteiger partial charge >= 0.3 is 0 Å². The Balaban J connectivity index is 1.52. The van der Waals surface area contributed by atoms with Crippen LogP contribution in [-0.4, -0.2) is 54.4 Å². The summed E-state index contributed by atoms with van der Waals surface area (Å²) in [6.45, 7) is 4.66. The zero-order valence-corrected chi connectivity index (χ0v) is 16.5. The molecule has 1 saturated heterocycles. The van der Waals surface area contributed by atoms with Crippen LogP contribution in [0.25, 0.3) is 17.0 Å². The summed E-state index contributed by atoms with van der Waals surface area (Å²) in [6, 6.07) is 17.4. The highest BCUT2D eigenvalue weighted by molar-refractivity contribution is 6.07. The number of ether oxygens (including phenoxy) is 1. The first-order chi connectivity index (χ1) is 14.2. The average Bonchev–Trinajstić information content (AvgIpc) is 3.11. The van der Waals surface area contributed by atoms with Gasteiger partial charge in [-0.3, -0.25) is 4.79 Å². The summed E-state index contributed by atoms with van der Waals surface area (Å²) in [5, 5.41) is 11.7. The van der Waals surface area contributed by atoms with E-state index in [1.165, 1.54) is 4.90 Å². The molecule has 1 aliphatic heterocycles. The molecular formula is C24H27N2O3+. The molecule has 0 aliphatic carbocycles. The maximum atomic E-state index is 12.4.